The van der Waals surface area contributed by atoms with Gasteiger partial charge in [-0.05, 0) is 58.8 Å². The third-order valence-corrected chi connectivity index (χ3v) is 7.06. The third kappa shape index (κ3) is 5.89. The topological polar surface area (TPSA) is 99.0 Å². The lowest BCUT2D eigenvalue weighted by Crippen LogP contribution is -2.27. The van der Waals surface area contributed by atoms with Crippen LogP contribution in [0, 0.1) is 10.1 Å². The summed E-state index contributed by atoms with van der Waals surface area (Å²) in [5.74, 6) is 0.413. The van der Waals surface area contributed by atoms with Crippen LogP contribution in [-0.2, 0) is 17.9 Å². The molecule has 8 nitrogen and oxygen atoms in total. The number of thioether (sulfide) groups is 1. The standard InChI is InChI=1S/C25H18BrClN2O6S/c1-34-21-10-17(20(26)12-22(21)35-14-16-3-2-4-19(9-16)29(32)33)11-23-24(30)28(25(31)36-23)13-15-5-7-18(27)8-6-15/h2-12H,13-14H2,1H3/b23-11+. The predicted octanol–water partition coefficient (Wildman–Crippen LogP) is 6.83. The summed E-state index contributed by atoms with van der Waals surface area (Å²) in [5, 5.41) is 11.2. The molecular formula is C25H18BrClN2O6S. The molecule has 0 atom stereocenters. The lowest BCUT2D eigenvalue weighted by atomic mass is 10.1. The second kappa shape index (κ2) is 11.2. The zero-order valence-electron chi connectivity index (χ0n) is 18.8. The Morgan fingerprint density at radius 2 is 1.83 bits per heavy atom. The Bertz CT molecular complexity index is 1380. The molecule has 1 heterocycles. The van der Waals surface area contributed by atoms with Gasteiger partial charge in [0.1, 0.15) is 6.61 Å². The Morgan fingerprint density at radius 1 is 1.08 bits per heavy atom. The van der Waals surface area contributed by atoms with Crippen molar-refractivity contribution in [3.8, 4) is 11.5 Å². The van der Waals surface area contributed by atoms with Crippen molar-refractivity contribution in [3.05, 3.63) is 102 Å². The number of hydrogen-bond donors (Lipinski definition) is 0. The number of nitro benzene ring substituents is 1. The Kier molecular flexibility index (Phi) is 7.97. The SMILES string of the molecule is COc1cc(/C=C2/SC(=O)N(Cc3ccc(Cl)cc3)C2=O)c(Br)cc1OCc1cccc([N+](=O)[O-])c1. The Hall–Kier alpha value is -3.34. The smallest absolute Gasteiger partial charge is 0.293 e. The van der Waals surface area contributed by atoms with Crippen LogP contribution in [0.15, 0.2) is 70.0 Å². The average molecular weight is 590 g/mol. The van der Waals surface area contributed by atoms with Gasteiger partial charge < -0.3 is 9.47 Å². The van der Waals surface area contributed by atoms with E-state index in [9.17, 15) is 19.7 Å². The molecular weight excluding hydrogens is 572 g/mol. The number of amides is 2. The molecule has 4 rings (SSSR count). The predicted molar refractivity (Wildman–Crippen MR) is 141 cm³/mol. The summed E-state index contributed by atoms with van der Waals surface area (Å²) < 4.78 is 11.9. The van der Waals surface area contributed by atoms with Crippen LogP contribution in [0.25, 0.3) is 6.08 Å². The van der Waals surface area contributed by atoms with Gasteiger partial charge in [-0.2, -0.15) is 0 Å². The highest BCUT2D eigenvalue weighted by Gasteiger charge is 2.35. The van der Waals surface area contributed by atoms with Crippen LogP contribution in [0.4, 0.5) is 10.5 Å². The maximum absolute atomic E-state index is 12.9. The van der Waals surface area contributed by atoms with E-state index >= 15 is 0 Å². The van der Waals surface area contributed by atoms with Gasteiger partial charge in [0, 0.05) is 21.6 Å². The van der Waals surface area contributed by atoms with E-state index in [1.807, 2.05) is 0 Å². The first-order valence-electron chi connectivity index (χ1n) is 10.5. The molecule has 0 aromatic heterocycles. The first-order chi connectivity index (χ1) is 17.2. The molecule has 0 bridgehead atoms. The number of benzene rings is 3. The number of rotatable bonds is 8. The van der Waals surface area contributed by atoms with E-state index in [1.54, 1.807) is 54.6 Å². The number of nitro groups is 1. The maximum atomic E-state index is 12.9. The van der Waals surface area contributed by atoms with E-state index in [4.69, 9.17) is 21.1 Å². The number of carbonyl (C=O) groups excluding carboxylic acids is 2. The summed E-state index contributed by atoms with van der Waals surface area (Å²) in [7, 11) is 1.48. The second-order valence-electron chi connectivity index (χ2n) is 7.63. The number of halogens is 2. The highest BCUT2D eigenvalue weighted by Crippen LogP contribution is 2.38. The number of nitrogens with zero attached hydrogens (tertiary/aromatic N) is 2. The van der Waals surface area contributed by atoms with Crippen LogP contribution in [-0.4, -0.2) is 28.1 Å². The second-order valence-corrected chi connectivity index (χ2v) is 9.92. The molecule has 0 aliphatic carbocycles. The molecule has 1 aliphatic heterocycles. The monoisotopic (exact) mass is 588 g/mol. The van der Waals surface area contributed by atoms with Crippen LogP contribution in [0.5, 0.6) is 11.5 Å². The lowest BCUT2D eigenvalue weighted by molar-refractivity contribution is -0.384. The number of hydrogen-bond acceptors (Lipinski definition) is 7. The molecule has 1 saturated heterocycles. The Morgan fingerprint density at radius 3 is 2.53 bits per heavy atom. The minimum Gasteiger partial charge on any atom is -0.493 e. The van der Waals surface area contributed by atoms with E-state index in [-0.39, 0.29) is 29.0 Å². The number of carbonyl (C=O) groups is 2. The molecule has 11 heteroatoms. The number of ether oxygens (including phenoxy) is 2. The van der Waals surface area contributed by atoms with E-state index in [2.05, 4.69) is 15.9 Å². The van der Waals surface area contributed by atoms with E-state index < -0.39 is 10.8 Å². The summed E-state index contributed by atoms with van der Waals surface area (Å²) in [6.07, 6.45) is 1.61. The number of imide groups is 1. The van der Waals surface area contributed by atoms with Gasteiger partial charge in [-0.3, -0.25) is 24.6 Å². The minimum atomic E-state index is -0.466. The van der Waals surface area contributed by atoms with Crippen molar-refractivity contribution in [2.45, 2.75) is 13.2 Å². The van der Waals surface area contributed by atoms with Crippen molar-refractivity contribution in [2.75, 3.05) is 7.11 Å². The fraction of sp³-hybridized carbons (Fsp3) is 0.120. The molecule has 0 spiro atoms. The highest BCUT2D eigenvalue weighted by atomic mass is 79.9. The lowest BCUT2D eigenvalue weighted by Gasteiger charge is -2.13. The van der Waals surface area contributed by atoms with Gasteiger partial charge in [0.25, 0.3) is 16.8 Å². The quantitative estimate of drug-likeness (QED) is 0.161. The molecule has 36 heavy (non-hydrogen) atoms. The number of non-ortho nitro benzene ring substituents is 1. The summed E-state index contributed by atoms with van der Waals surface area (Å²) in [6, 6.07) is 16.5. The van der Waals surface area contributed by atoms with Crippen LogP contribution in [0.2, 0.25) is 5.02 Å². The molecule has 1 fully saturated rings. The third-order valence-electron chi connectivity index (χ3n) is 5.21. The molecule has 0 unspecified atom stereocenters. The van der Waals surface area contributed by atoms with Gasteiger partial charge in [0.15, 0.2) is 11.5 Å². The molecule has 0 N–H and O–H groups in total. The van der Waals surface area contributed by atoms with Crippen LogP contribution >= 0.6 is 39.3 Å². The van der Waals surface area contributed by atoms with Gasteiger partial charge >= 0.3 is 0 Å². The molecule has 2 amide bonds. The van der Waals surface area contributed by atoms with Gasteiger partial charge in [-0.15, -0.1) is 0 Å². The maximum Gasteiger partial charge on any atom is 0.293 e. The van der Waals surface area contributed by atoms with Crippen molar-refractivity contribution in [1.82, 2.24) is 4.90 Å². The summed E-state index contributed by atoms with van der Waals surface area (Å²) >= 11 is 10.3. The first-order valence-corrected chi connectivity index (χ1v) is 12.5. The van der Waals surface area contributed by atoms with Crippen LogP contribution < -0.4 is 9.47 Å². The van der Waals surface area contributed by atoms with Crippen LogP contribution in [0.1, 0.15) is 16.7 Å². The fourth-order valence-corrected chi connectivity index (χ4v) is 4.80. The summed E-state index contributed by atoms with van der Waals surface area (Å²) in [6.45, 7) is 0.238. The van der Waals surface area contributed by atoms with Crippen molar-refractivity contribution in [1.29, 1.82) is 0 Å². The zero-order chi connectivity index (χ0) is 25.8. The van der Waals surface area contributed by atoms with Gasteiger partial charge in [-0.1, -0.05) is 51.8 Å². The van der Waals surface area contributed by atoms with Crippen LogP contribution in [0.3, 0.4) is 0 Å². The average Bonchev–Trinajstić information content (AvgIpc) is 3.12. The molecule has 3 aromatic rings. The largest absolute Gasteiger partial charge is 0.493 e. The Labute approximate surface area is 224 Å². The molecule has 0 saturated carbocycles. The first kappa shape index (κ1) is 25.7. The fourth-order valence-electron chi connectivity index (χ4n) is 3.40. The highest BCUT2D eigenvalue weighted by molar-refractivity contribution is 9.10. The van der Waals surface area contributed by atoms with Crippen molar-refractivity contribution < 1.29 is 24.0 Å². The zero-order valence-corrected chi connectivity index (χ0v) is 21.9. The number of methoxy groups -OCH3 is 1. The van der Waals surface area contributed by atoms with Gasteiger partial charge in [-0.25, -0.2) is 0 Å². The molecule has 0 radical (unpaired) electrons. The normalized spacial score (nSPS) is 14.4. The molecule has 184 valence electrons. The minimum absolute atomic E-state index is 0.0235. The molecule has 1 aliphatic rings. The van der Waals surface area contributed by atoms with E-state index in [1.165, 1.54) is 24.1 Å². The van der Waals surface area contributed by atoms with E-state index in [0.29, 0.717) is 32.1 Å². The van der Waals surface area contributed by atoms with Crippen molar-refractivity contribution in [2.24, 2.45) is 0 Å². The van der Waals surface area contributed by atoms with Gasteiger partial charge in [0.2, 0.25) is 0 Å². The molecule has 3 aromatic carbocycles. The summed E-state index contributed by atoms with van der Waals surface area (Å²) in [5.41, 5.74) is 2.01. The summed E-state index contributed by atoms with van der Waals surface area (Å²) in [4.78, 5) is 37.4. The van der Waals surface area contributed by atoms with Crippen molar-refractivity contribution in [3.63, 3.8) is 0 Å². The Balaban J connectivity index is 1.52. The van der Waals surface area contributed by atoms with Crippen molar-refractivity contribution >= 4 is 62.2 Å². The van der Waals surface area contributed by atoms with Gasteiger partial charge in [0.05, 0.1) is 23.5 Å². The van der Waals surface area contributed by atoms with E-state index in [0.717, 1.165) is 17.3 Å².